The lowest BCUT2D eigenvalue weighted by atomic mass is 10.4. The van der Waals surface area contributed by atoms with Gasteiger partial charge in [-0.3, -0.25) is 0 Å². The van der Waals surface area contributed by atoms with Crippen molar-refractivity contribution in [3.8, 4) is 0 Å². The Morgan fingerprint density at radius 3 is 2.76 bits per heavy atom. The van der Waals surface area contributed by atoms with E-state index in [4.69, 9.17) is 9.15 Å². The minimum atomic E-state index is 0.738. The maximum absolute atomic E-state index is 5.46. The Labute approximate surface area is 119 Å². The van der Waals surface area contributed by atoms with Crippen molar-refractivity contribution in [2.24, 2.45) is 0 Å². The fraction of sp³-hybridized carbons (Fsp3) is 0.636. The Morgan fingerprint density at radius 2 is 2.18 bits per heavy atom. The second-order valence-electron chi connectivity index (χ2n) is 3.81. The van der Waals surface area contributed by atoms with Crippen LogP contribution >= 0.6 is 31.9 Å². The fourth-order valence-electron chi connectivity index (χ4n) is 1.32. The van der Waals surface area contributed by atoms with E-state index in [1.54, 1.807) is 7.11 Å². The summed E-state index contributed by atoms with van der Waals surface area (Å²) in [6.45, 7) is 4.38. The van der Waals surface area contributed by atoms with Crippen molar-refractivity contribution < 1.29 is 9.15 Å². The summed E-state index contributed by atoms with van der Waals surface area (Å²) in [5.41, 5.74) is 0. The third kappa shape index (κ3) is 6.01. The van der Waals surface area contributed by atoms with Gasteiger partial charge in [-0.25, -0.2) is 0 Å². The van der Waals surface area contributed by atoms with E-state index in [2.05, 4.69) is 49.1 Å². The molecule has 0 aliphatic carbocycles. The van der Waals surface area contributed by atoms with Crippen LogP contribution in [-0.4, -0.2) is 45.3 Å². The molecule has 0 aliphatic rings. The number of likely N-dealkylation sites (N-methyl/N-ethyl adjacent to an activating group) is 1. The number of halogens is 2. The number of nitrogens with one attached hydrogen (secondary N) is 1. The smallest absolute Gasteiger partial charge is 0.183 e. The molecule has 1 aromatic rings. The first-order chi connectivity index (χ1) is 8.13. The van der Waals surface area contributed by atoms with Gasteiger partial charge in [-0.05, 0) is 45.0 Å². The van der Waals surface area contributed by atoms with E-state index in [-0.39, 0.29) is 0 Å². The zero-order chi connectivity index (χ0) is 12.7. The topological polar surface area (TPSA) is 37.6 Å². The van der Waals surface area contributed by atoms with Gasteiger partial charge in [0.25, 0.3) is 0 Å². The summed E-state index contributed by atoms with van der Waals surface area (Å²) in [4.78, 5) is 2.23. The van der Waals surface area contributed by atoms with Crippen LogP contribution in [0.3, 0.4) is 0 Å². The summed E-state index contributed by atoms with van der Waals surface area (Å²) in [5.74, 6) is 0.920. The van der Waals surface area contributed by atoms with E-state index < -0.39 is 0 Å². The molecule has 1 N–H and O–H groups in total. The highest BCUT2D eigenvalue weighted by molar-refractivity contribution is 9.13. The average molecular weight is 370 g/mol. The Hall–Kier alpha value is 0.120. The summed E-state index contributed by atoms with van der Waals surface area (Å²) in [6, 6.07) is 1.96. The molecule has 0 bridgehead atoms. The van der Waals surface area contributed by atoms with Crippen LogP contribution in [0.25, 0.3) is 0 Å². The third-order valence-electron chi connectivity index (χ3n) is 2.34. The van der Waals surface area contributed by atoms with E-state index in [1.165, 1.54) is 0 Å². The normalized spacial score (nSPS) is 11.4. The molecular formula is C11H18Br2N2O2. The van der Waals surface area contributed by atoms with Gasteiger partial charge in [0.1, 0.15) is 5.76 Å². The minimum absolute atomic E-state index is 0.738. The van der Waals surface area contributed by atoms with Crippen LogP contribution in [0.15, 0.2) is 19.6 Å². The molecule has 0 aliphatic heterocycles. The zero-order valence-electron chi connectivity index (χ0n) is 10.1. The summed E-state index contributed by atoms with van der Waals surface area (Å²) in [5, 5.41) is 3.33. The number of furan rings is 1. The summed E-state index contributed by atoms with van der Waals surface area (Å²) >= 11 is 6.70. The number of nitrogens with zero attached hydrogens (tertiary/aromatic N) is 1. The molecule has 0 aromatic carbocycles. The summed E-state index contributed by atoms with van der Waals surface area (Å²) in [7, 11) is 3.81. The molecule has 6 heteroatoms. The number of hydrogen-bond acceptors (Lipinski definition) is 4. The highest BCUT2D eigenvalue weighted by Gasteiger charge is 2.05. The van der Waals surface area contributed by atoms with Gasteiger partial charge in [-0.2, -0.15) is 0 Å². The molecule has 0 atom stereocenters. The highest BCUT2D eigenvalue weighted by Crippen LogP contribution is 2.26. The van der Waals surface area contributed by atoms with Crippen molar-refractivity contribution in [1.29, 1.82) is 0 Å². The fourth-order valence-corrected chi connectivity index (χ4v) is 1.98. The third-order valence-corrected chi connectivity index (χ3v) is 4.05. The molecular weight excluding hydrogens is 352 g/mol. The molecule has 1 heterocycles. The average Bonchev–Trinajstić information content (AvgIpc) is 2.61. The van der Waals surface area contributed by atoms with E-state index >= 15 is 0 Å². The Balaban J connectivity index is 2.11. The highest BCUT2D eigenvalue weighted by atomic mass is 79.9. The second-order valence-corrected chi connectivity index (χ2v) is 5.38. The monoisotopic (exact) mass is 368 g/mol. The molecule has 0 fully saturated rings. The molecule has 1 rings (SSSR count). The molecule has 0 saturated heterocycles. The van der Waals surface area contributed by atoms with Gasteiger partial charge < -0.3 is 19.4 Å². The predicted molar refractivity (Wildman–Crippen MR) is 75.2 cm³/mol. The van der Waals surface area contributed by atoms with Crippen LogP contribution in [0.4, 0.5) is 0 Å². The van der Waals surface area contributed by atoms with Crippen LogP contribution in [0.2, 0.25) is 0 Å². The quantitative estimate of drug-likeness (QED) is 0.714. The van der Waals surface area contributed by atoms with E-state index in [0.717, 1.165) is 47.7 Å². The van der Waals surface area contributed by atoms with Gasteiger partial charge in [0.2, 0.25) is 0 Å². The Morgan fingerprint density at radius 1 is 1.41 bits per heavy atom. The van der Waals surface area contributed by atoms with Gasteiger partial charge in [-0.15, -0.1) is 0 Å². The standard InChI is InChI=1S/C11H18Br2N2O2/c1-15(5-6-16-2)4-3-14-8-9-7-10(12)11(13)17-9/h7,14H,3-6,8H2,1-2H3. The van der Waals surface area contributed by atoms with Gasteiger partial charge in [0.05, 0.1) is 17.6 Å². The lowest BCUT2D eigenvalue weighted by Crippen LogP contribution is -2.31. The minimum Gasteiger partial charge on any atom is -0.452 e. The molecule has 98 valence electrons. The Kier molecular flexibility index (Phi) is 7.38. The maximum atomic E-state index is 5.46. The van der Waals surface area contributed by atoms with Gasteiger partial charge in [0.15, 0.2) is 4.67 Å². The van der Waals surface area contributed by atoms with E-state index in [1.807, 2.05) is 6.07 Å². The van der Waals surface area contributed by atoms with Gasteiger partial charge >= 0.3 is 0 Å². The molecule has 1 aromatic heterocycles. The summed E-state index contributed by atoms with van der Waals surface area (Å²) < 4.78 is 12.2. The Bertz CT molecular complexity index is 312. The van der Waals surface area contributed by atoms with Crippen LogP contribution in [0, 0.1) is 0 Å². The molecule has 0 spiro atoms. The second kappa shape index (κ2) is 8.26. The lowest BCUT2D eigenvalue weighted by molar-refractivity contribution is 0.161. The molecule has 0 unspecified atom stereocenters. The van der Waals surface area contributed by atoms with Crippen LogP contribution in [-0.2, 0) is 11.3 Å². The summed E-state index contributed by atoms with van der Waals surface area (Å²) in [6.07, 6.45) is 0. The SMILES string of the molecule is COCCN(C)CCNCc1cc(Br)c(Br)o1. The molecule has 0 amide bonds. The predicted octanol–water partition coefficient (Wildman–Crippen LogP) is 2.47. The van der Waals surface area contributed by atoms with Crippen molar-refractivity contribution in [3.63, 3.8) is 0 Å². The van der Waals surface area contributed by atoms with Crippen molar-refractivity contribution in [1.82, 2.24) is 10.2 Å². The first-order valence-corrected chi connectivity index (χ1v) is 7.04. The number of rotatable bonds is 8. The number of ether oxygens (including phenoxy) is 1. The first-order valence-electron chi connectivity index (χ1n) is 5.45. The maximum Gasteiger partial charge on any atom is 0.183 e. The van der Waals surface area contributed by atoms with Gasteiger partial charge in [-0.1, -0.05) is 0 Å². The lowest BCUT2D eigenvalue weighted by Gasteiger charge is -2.15. The van der Waals surface area contributed by atoms with Crippen molar-refractivity contribution in [3.05, 3.63) is 21.0 Å². The van der Waals surface area contributed by atoms with Crippen molar-refractivity contribution in [2.45, 2.75) is 6.54 Å². The zero-order valence-corrected chi connectivity index (χ0v) is 13.3. The van der Waals surface area contributed by atoms with E-state index in [9.17, 15) is 0 Å². The number of methoxy groups -OCH3 is 1. The first kappa shape index (κ1) is 15.2. The molecule has 0 saturated carbocycles. The van der Waals surface area contributed by atoms with Crippen molar-refractivity contribution in [2.75, 3.05) is 40.4 Å². The van der Waals surface area contributed by atoms with Crippen LogP contribution in [0.5, 0.6) is 0 Å². The molecule has 0 radical (unpaired) electrons. The number of hydrogen-bond donors (Lipinski definition) is 1. The largest absolute Gasteiger partial charge is 0.452 e. The molecule has 17 heavy (non-hydrogen) atoms. The van der Waals surface area contributed by atoms with Crippen LogP contribution < -0.4 is 5.32 Å². The van der Waals surface area contributed by atoms with E-state index in [0.29, 0.717) is 0 Å². The van der Waals surface area contributed by atoms with Crippen molar-refractivity contribution >= 4 is 31.9 Å². The molecule has 4 nitrogen and oxygen atoms in total. The van der Waals surface area contributed by atoms with Crippen LogP contribution in [0.1, 0.15) is 5.76 Å². The van der Waals surface area contributed by atoms with Gasteiger partial charge in [0, 0.05) is 26.7 Å².